The van der Waals surface area contributed by atoms with Crippen molar-refractivity contribution < 1.29 is 9.59 Å². The second-order valence-electron chi connectivity index (χ2n) is 6.48. The third-order valence-corrected chi connectivity index (χ3v) is 7.34. The summed E-state index contributed by atoms with van der Waals surface area (Å²) >= 11 is 0.246. The molecule has 2 aliphatic heterocycles. The molecule has 5 heteroatoms. The molecule has 0 aromatic heterocycles. The molecule has 3 rings (SSSR count). The quantitative estimate of drug-likeness (QED) is 0.666. The van der Waals surface area contributed by atoms with Gasteiger partial charge in [0.2, 0.25) is 0 Å². The normalized spacial score (nSPS) is 28.7. The summed E-state index contributed by atoms with van der Waals surface area (Å²) in [5, 5.41) is 2.48. The number of urea groups is 1. The SMILES string of the molecule is CC(C)([Se]c1ccccc1)[C@@H]1CC[C@]2(C)C(=O)NC(=O)N12. The molecule has 0 spiro atoms. The Labute approximate surface area is 131 Å². The van der Waals surface area contributed by atoms with E-state index in [1.807, 2.05) is 13.0 Å². The van der Waals surface area contributed by atoms with Gasteiger partial charge in [0.05, 0.1) is 0 Å². The van der Waals surface area contributed by atoms with E-state index in [4.69, 9.17) is 0 Å². The van der Waals surface area contributed by atoms with E-state index < -0.39 is 5.54 Å². The zero-order chi connectivity index (χ0) is 15.3. The number of nitrogens with one attached hydrogen (secondary N) is 1. The number of amides is 3. The van der Waals surface area contributed by atoms with Crippen molar-refractivity contribution in [3.63, 3.8) is 0 Å². The maximum absolute atomic E-state index is 12.2. The van der Waals surface area contributed by atoms with Gasteiger partial charge in [-0.25, -0.2) is 0 Å². The number of fused-ring (bicyclic) bond motifs is 1. The fourth-order valence-corrected chi connectivity index (χ4v) is 6.05. The van der Waals surface area contributed by atoms with E-state index in [0.29, 0.717) is 0 Å². The molecule has 2 atom stereocenters. The van der Waals surface area contributed by atoms with Crippen LogP contribution in [-0.4, -0.2) is 43.4 Å². The van der Waals surface area contributed by atoms with Gasteiger partial charge in [0.15, 0.2) is 0 Å². The van der Waals surface area contributed by atoms with Gasteiger partial charge >= 0.3 is 131 Å². The van der Waals surface area contributed by atoms with Crippen LogP contribution in [-0.2, 0) is 4.79 Å². The molecule has 4 nitrogen and oxygen atoms in total. The average molecular weight is 351 g/mol. The predicted octanol–water partition coefficient (Wildman–Crippen LogP) is 1.69. The molecule has 2 fully saturated rings. The van der Waals surface area contributed by atoms with Gasteiger partial charge in [-0.1, -0.05) is 0 Å². The number of nitrogens with zero attached hydrogens (tertiary/aromatic N) is 1. The van der Waals surface area contributed by atoms with Crippen molar-refractivity contribution in [2.24, 2.45) is 0 Å². The van der Waals surface area contributed by atoms with E-state index >= 15 is 0 Å². The van der Waals surface area contributed by atoms with Crippen molar-refractivity contribution in [2.45, 2.75) is 49.5 Å². The van der Waals surface area contributed by atoms with Gasteiger partial charge in [-0.3, -0.25) is 0 Å². The third kappa shape index (κ3) is 2.29. The molecule has 1 aromatic carbocycles. The van der Waals surface area contributed by atoms with E-state index in [2.05, 4.69) is 43.4 Å². The molecule has 0 radical (unpaired) electrons. The van der Waals surface area contributed by atoms with Gasteiger partial charge in [0.1, 0.15) is 0 Å². The summed E-state index contributed by atoms with van der Waals surface area (Å²) in [6.45, 7) is 6.32. The van der Waals surface area contributed by atoms with Gasteiger partial charge in [-0.05, 0) is 0 Å². The fraction of sp³-hybridized carbons (Fsp3) is 0.500. The summed E-state index contributed by atoms with van der Waals surface area (Å²) in [5.41, 5.74) is -0.647. The molecule has 1 N–H and O–H groups in total. The van der Waals surface area contributed by atoms with Crippen LogP contribution in [0.15, 0.2) is 30.3 Å². The summed E-state index contributed by atoms with van der Waals surface area (Å²) in [7, 11) is 0. The van der Waals surface area contributed by atoms with Crippen molar-refractivity contribution in [2.75, 3.05) is 0 Å². The van der Waals surface area contributed by atoms with Crippen LogP contribution in [0.5, 0.6) is 0 Å². The van der Waals surface area contributed by atoms with Crippen LogP contribution in [0.2, 0.25) is 4.31 Å². The average Bonchev–Trinajstić information content (AvgIpc) is 2.88. The van der Waals surface area contributed by atoms with Crippen LogP contribution < -0.4 is 9.78 Å². The first-order valence-corrected chi connectivity index (χ1v) is 8.95. The number of rotatable bonds is 3. The molecule has 0 bridgehead atoms. The predicted molar refractivity (Wildman–Crippen MR) is 82.7 cm³/mol. The van der Waals surface area contributed by atoms with Crippen molar-refractivity contribution >= 4 is 31.4 Å². The summed E-state index contributed by atoms with van der Waals surface area (Å²) in [6.07, 6.45) is 1.65. The molecule has 2 aliphatic rings. The molecule has 3 amide bonds. The van der Waals surface area contributed by atoms with E-state index in [0.717, 1.165) is 12.8 Å². The van der Waals surface area contributed by atoms with E-state index in [1.54, 1.807) is 4.90 Å². The first kappa shape index (κ1) is 14.6. The van der Waals surface area contributed by atoms with Crippen molar-refractivity contribution in [1.82, 2.24) is 10.2 Å². The molecule has 112 valence electrons. The Morgan fingerprint density at radius 1 is 1.29 bits per heavy atom. The molecule has 21 heavy (non-hydrogen) atoms. The molecule has 1 aromatic rings. The standard InChI is InChI=1S/C16H20N2O2Se/c1-15(2,21-11-7-5-4-6-8-11)12-9-10-16(3)13(19)17-14(20)18(12)16/h4-8,12H,9-10H2,1-3H3,(H,17,19,20)/t12-,16+/m0/s1. The van der Waals surface area contributed by atoms with Crippen LogP contribution in [0.25, 0.3) is 0 Å². The first-order chi connectivity index (χ1) is 9.84. The topological polar surface area (TPSA) is 49.4 Å². The number of hydrogen-bond donors (Lipinski definition) is 1. The van der Waals surface area contributed by atoms with Gasteiger partial charge < -0.3 is 0 Å². The molecular weight excluding hydrogens is 331 g/mol. The summed E-state index contributed by atoms with van der Waals surface area (Å²) in [6, 6.07) is 10.3. The Bertz CT molecular complexity index is 587. The van der Waals surface area contributed by atoms with Crippen molar-refractivity contribution in [1.29, 1.82) is 0 Å². The second kappa shape index (κ2) is 4.85. The first-order valence-electron chi connectivity index (χ1n) is 7.23. The number of carbonyl (C=O) groups excluding carboxylic acids is 2. The minimum atomic E-state index is -0.647. The van der Waals surface area contributed by atoms with E-state index in [1.165, 1.54) is 4.46 Å². The second-order valence-corrected chi connectivity index (χ2v) is 10.1. The van der Waals surface area contributed by atoms with Gasteiger partial charge in [-0.2, -0.15) is 0 Å². The van der Waals surface area contributed by atoms with Gasteiger partial charge in [0.25, 0.3) is 0 Å². The van der Waals surface area contributed by atoms with Crippen LogP contribution in [0.3, 0.4) is 0 Å². The summed E-state index contributed by atoms with van der Waals surface area (Å²) in [5.74, 6) is -0.141. The monoisotopic (exact) mass is 352 g/mol. The Balaban J connectivity index is 1.86. The van der Waals surface area contributed by atoms with Crippen molar-refractivity contribution in [3.8, 4) is 0 Å². The molecule has 2 saturated heterocycles. The molecular formula is C16H20N2O2Se. The van der Waals surface area contributed by atoms with E-state index in [-0.39, 0.29) is 37.3 Å². The number of hydrogen-bond acceptors (Lipinski definition) is 2. The van der Waals surface area contributed by atoms with Crippen molar-refractivity contribution in [3.05, 3.63) is 30.3 Å². The van der Waals surface area contributed by atoms with Crippen LogP contribution in [0.1, 0.15) is 33.6 Å². The third-order valence-electron chi connectivity index (χ3n) is 4.60. The molecule has 0 aliphatic carbocycles. The minimum absolute atomic E-state index is 0.00588. The van der Waals surface area contributed by atoms with Crippen LogP contribution in [0.4, 0.5) is 4.79 Å². The molecule has 0 unspecified atom stereocenters. The van der Waals surface area contributed by atoms with Gasteiger partial charge in [0, 0.05) is 0 Å². The maximum atomic E-state index is 12.2. The Hall–Kier alpha value is -1.32. The number of benzene rings is 1. The number of carbonyl (C=O) groups is 2. The summed E-state index contributed by atoms with van der Waals surface area (Å²) < 4.78 is 1.32. The number of imide groups is 1. The van der Waals surface area contributed by atoms with Crippen LogP contribution in [0, 0.1) is 0 Å². The Morgan fingerprint density at radius 3 is 2.62 bits per heavy atom. The molecule has 2 heterocycles. The molecule has 0 saturated carbocycles. The Kier molecular flexibility index (Phi) is 3.38. The van der Waals surface area contributed by atoms with E-state index in [9.17, 15) is 9.59 Å². The zero-order valence-corrected chi connectivity index (χ0v) is 14.3. The van der Waals surface area contributed by atoms with Crippen LogP contribution >= 0.6 is 0 Å². The fourth-order valence-electron chi connectivity index (χ4n) is 3.41. The zero-order valence-electron chi connectivity index (χ0n) is 12.6. The summed E-state index contributed by atoms with van der Waals surface area (Å²) in [4.78, 5) is 26.0. The Morgan fingerprint density at radius 2 is 1.95 bits per heavy atom. The van der Waals surface area contributed by atoms with Gasteiger partial charge in [-0.15, -0.1) is 0 Å².